The van der Waals surface area contributed by atoms with E-state index in [-0.39, 0.29) is 17.4 Å². The van der Waals surface area contributed by atoms with Crippen LogP contribution in [-0.4, -0.2) is 35.5 Å². The zero-order chi connectivity index (χ0) is 19.2. The van der Waals surface area contributed by atoms with Gasteiger partial charge >= 0.3 is 5.97 Å². The van der Waals surface area contributed by atoms with Crippen molar-refractivity contribution < 1.29 is 24.3 Å². The van der Waals surface area contributed by atoms with E-state index in [2.05, 4.69) is 26.0 Å². The Morgan fingerprint density at radius 2 is 1.92 bits per heavy atom. The largest absolute Gasteiger partial charge is 0.478 e. The Kier molecular flexibility index (Phi) is 11.9. The fourth-order valence-corrected chi connectivity index (χ4v) is 1.67. The summed E-state index contributed by atoms with van der Waals surface area (Å²) in [5.41, 5.74) is -0.0689. The lowest BCUT2D eigenvalue weighted by molar-refractivity contribution is -0.384. The maximum absolute atomic E-state index is 10.3. The molecule has 1 N–H and O–H groups in total. The molecule has 7 heteroatoms. The predicted molar refractivity (Wildman–Crippen MR) is 95.7 cm³/mol. The van der Waals surface area contributed by atoms with E-state index < -0.39 is 10.9 Å². The van der Waals surface area contributed by atoms with E-state index in [0.29, 0.717) is 12.7 Å². The Morgan fingerprint density at radius 1 is 1.32 bits per heavy atom. The molecule has 2 unspecified atom stereocenters. The van der Waals surface area contributed by atoms with Gasteiger partial charge in [0.05, 0.1) is 16.6 Å². The topological polar surface area (TPSA) is 98.9 Å². The van der Waals surface area contributed by atoms with Gasteiger partial charge in [-0.15, -0.1) is 0 Å². The summed E-state index contributed by atoms with van der Waals surface area (Å²) in [5, 5.41) is 18.6. The normalized spacial score (nSPS) is 13.0. The molecule has 140 valence electrons. The minimum atomic E-state index is -1.09. The number of carboxylic acids is 1. The van der Waals surface area contributed by atoms with Crippen molar-refractivity contribution in [2.45, 2.75) is 40.2 Å². The summed E-state index contributed by atoms with van der Waals surface area (Å²) >= 11 is 0. The number of ether oxygens (including phenoxy) is 2. The zero-order valence-corrected chi connectivity index (χ0v) is 15.2. The minimum Gasteiger partial charge on any atom is -0.478 e. The van der Waals surface area contributed by atoms with Crippen LogP contribution in [0.2, 0.25) is 0 Å². The Morgan fingerprint density at radius 3 is 2.36 bits per heavy atom. The number of hydrogen-bond donors (Lipinski definition) is 1. The van der Waals surface area contributed by atoms with Crippen molar-refractivity contribution in [3.8, 4) is 0 Å². The second-order valence-electron chi connectivity index (χ2n) is 5.37. The van der Waals surface area contributed by atoms with Crippen molar-refractivity contribution in [2.24, 2.45) is 5.92 Å². The van der Waals surface area contributed by atoms with Crippen molar-refractivity contribution >= 4 is 11.7 Å². The molecule has 0 saturated heterocycles. The minimum absolute atomic E-state index is 0.0422. The number of carbonyl (C=O) groups is 1. The molecule has 0 saturated carbocycles. The molecular formula is C18H27NO6. The molecule has 7 nitrogen and oxygen atoms in total. The highest BCUT2D eigenvalue weighted by molar-refractivity contribution is 5.87. The van der Waals surface area contributed by atoms with Gasteiger partial charge in [0.2, 0.25) is 0 Å². The van der Waals surface area contributed by atoms with E-state index >= 15 is 0 Å². The SMILES string of the molecule is C/C=C/CC(C)C(C)OCOCC.O=C(O)c1ccc([N+](=O)[O-])cc1. The van der Waals surface area contributed by atoms with Gasteiger partial charge in [-0.2, -0.15) is 0 Å². The molecule has 0 aliphatic rings. The number of carboxylic acid groups (broad SMARTS) is 1. The summed E-state index contributed by atoms with van der Waals surface area (Å²) in [6.45, 7) is 9.42. The van der Waals surface area contributed by atoms with Crippen LogP contribution in [0.15, 0.2) is 36.4 Å². The monoisotopic (exact) mass is 353 g/mol. The summed E-state index contributed by atoms with van der Waals surface area (Å²) in [4.78, 5) is 19.9. The van der Waals surface area contributed by atoms with E-state index in [1.807, 2.05) is 13.8 Å². The Bertz CT molecular complexity index is 508. The second kappa shape index (κ2) is 13.1. The molecule has 0 heterocycles. The van der Waals surface area contributed by atoms with Crippen molar-refractivity contribution in [3.05, 3.63) is 52.1 Å². The van der Waals surface area contributed by atoms with Gasteiger partial charge in [0, 0.05) is 18.7 Å². The summed E-state index contributed by atoms with van der Waals surface area (Å²) in [6, 6.07) is 4.70. The summed E-state index contributed by atoms with van der Waals surface area (Å²) in [6.07, 6.45) is 5.59. The van der Waals surface area contributed by atoms with Crippen LogP contribution in [0.4, 0.5) is 5.69 Å². The highest BCUT2D eigenvalue weighted by atomic mass is 16.7. The third-order valence-electron chi connectivity index (χ3n) is 3.49. The zero-order valence-electron chi connectivity index (χ0n) is 15.2. The molecule has 0 bridgehead atoms. The molecule has 1 rings (SSSR count). The third kappa shape index (κ3) is 10.3. The number of non-ortho nitro benzene ring substituents is 1. The Balaban J connectivity index is 0.000000462. The van der Waals surface area contributed by atoms with E-state index in [9.17, 15) is 14.9 Å². The quantitative estimate of drug-likeness (QED) is 0.234. The average Bonchev–Trinajstić information content (AvgIpc) is 2.60. The van der Waals surface area contributed by atoms with Crippen molar-refractivity contribution in [1.82, 2.24) is 0 Å². The van der Waals surface area contributed by atoms with E-state index in [1.165, 1.54) is 12.1 Å². The fraction of sp³-hybridized carbons (Fsp3) is 0.500. The van der Waals surface area contributed by atoms with Crippen LogP contribution in [0.25, 0.3) is 0 Å². The van der Waals surface area contributed by atoms with E-state index in [0.717, 1.165) is 25.2 Å². The lowest BCUT2D eigenvalue weighted by Crippen LogP contribution is -2.19. The summed E-state index contributed by atoms with van der Waals surface area (Å²) in [7, 11) is 0. The highest BCUT2D eigenvalue weighted by Gasteiger charge is 2.10. The van der Waals surface area contributed by atoms with Crippen LogP contribution in [0.5, 0.6) is 0 Å². The standard InChI is InChI=1S/C11H22O2.C7H5NO4/c1-5-7-8-10(3)11(4)13-9-12-6-2;9-7(10)5-1-3-6(4-2-5)8(11)12/h5,7,10-11H,6,8-9H2,1-4H3;1-4H,(H,9,10)/b7-5+;. The van der Waals surface area contributed by atoms with Crippen LogP contribution < -0.4 is 0 Å². The summed E-state index contributed by atoms with van der Waals surface area (Å²) in [5.74, 6) is -0.540. The van der Waals surface area contributed by atoms with Gasteiger partial charge in [0.25, 0.3) is 5.69 Å². The molecule has 0 fully saturated rings. The Hall–Kier alpha value is -2.25. The number of nitro benzene ring substituents is 1. The molecule has 0 amide bonds. The van der Waals surface area contributed by atoms with Crippen LogP contribution in [0.1, 0.15) is 44.5 Å². The van der Waals surface area contributed by atoms with Gasteiger partial charge in [-0.3, -0.25) is 10.1 Å². The molecule has 1 aromatic carbocycles. The van der Waals surface area contributed by atoms with Gasteiger partial charge in [-0.25, -0.2) is 4.79 Å². The lowest BCUT2D eigenvalue weighted by Gasteiger charge is -2.18. The van der Waals surface area contributed by atoms with Crippen LogP contribution >= 0.6 is 0 Å². The number of hydrogen-bond acceptors (Lipinski definition) is 5. The van der Waals surface area contributed by atoms with Crippen molar-refractivity contribution in [2.75, 3.05) is 13.4 Å². The van der Waals surface area contributed by atoms with E-state index in [1.54, 1.807) is 0 Å². The van der Waals surface area contributed by atoms with Crippen LogP contribution in [-0.2, 0) is 9.47 Å². The van der Waals surface area contributed by atoms with Gasteiger partial charge < -0.3 is 14.6 Å². The number of nitro groups is 1. The van der Waals surface area contributed by atoms with E-state index in [4.69, 9.17) is 14.6 Å². The maximum atomic E-state index is 10.3. The number of allylic oxidation sites excluding steroid dienone is 2. The highest BCUT2D eigenvalue weighted by Crippen LogP contribution is 2.12. The average molecular weight is 353 g/mol. The van der Waals surface area contributed by atoms with Gasteiger partial charge in [0.1, 0.15) is 6.79 Å². The fourth-order valence-electron chi connectivity index (χ4n) is 1.67. The van der Waals surface area contributed by atoms with Crippen molar-refractivity contribution in [3.63, 3.8) is 0 Å². The molecule has 25 heavy (non-hydrogen) atoms. The number of nitrogens with zero attached hydrogens (tertiary/aromatic N) is 1. The molecule has 1 aromatic rings. The molecular weight excluding hydrogens is 326 g/mol. The number of rotatable bonds is 9. The lowest BCUT2D eigenvalue weighted by atomic mass is 10.0. The molecule has 0 aromatic heterocycles. The number of benzene rings is 1. The first-order chi connectivity index (χ1) is 11.8. The Labute approximate surface area is 148 Å². The maximum Gasteiger partial charge on any atom is 0.335 e. The molecule has 0 aliphatic heterocycles. The van der Waals surface area contributed by atoms with Gasteiger partial charge in [0.15, 0.2) is 0 Å². The van der Waals surface area contributed by atoms with Crippen molar-refractivity contribution in [1.29, 1.82) is 0 Å². The van der Waals surface area contributed by atoms with Gasteiger partial charge in [-0.05, 0) is 45.2 Å². The van der Waals surface area contributed by atoms with Crippen LogP contribution in [0.3, 0.4) is 0 Å². The third-order valence-corrected chi connectivity index (χ3v) is 3.49. The van der Waals surface area contributed by atoms with Crippen LogP contribution in [0, 0.1) is 16.0 Å². The molecule has 0 radical (unpaired) electrons. The second-order valence-corrected chi connectivity index (χ2v) is 5.37. The van der Waals surface area contributed by atoms with Gasteiger partial charge in [-0.1, -0.05) is 19.1 Å². The first kappa shape index (κ1) is 22.8. The molecule has 0 spiro atoms. The molecule has 0 aliphatic carbocycles. The smallest absolute Gasteiger partial charge is 0.335 e. The predicted octanol–water partition coefficient (Wildman–Crippen LogP) is 4.28. The summed E-state index contributed by atoms with van der Waals surface area (Å²) < 4.78 is 10.6. The number of aromatic carboxylic acids is 1. The first-order valence-electron chi connectivity index (χ1n) is 8.11. The molecule has 2 atom stereocenters. The first-order valence-corrected chi connectivity index (χ1v) is 8.11.